The van der Waals surface area contributed by atoms with Crippen LogP contribution in [0, 0.1) is 5.92 Å². The van der Waals surface area contributed by atoms with Crippen LogP contribution in [-0.2, 0) is 0 Å². The lowest BCUT2D eigenvalue weighted by Gasteiger charge is -2.19. The van der Waals surface area contributed by atoms with E-state index < -0.39 is 0 Å². The highest BCUT2D eigenvalue weighted by Crippen LogP contribution is 2.31. The second-order valence-corrected chi connectivity index (χ2v) is 8.04. The van der Waals surface area contributed by atoms with E-state index in [-0.39, 0.29) is 0 Å². The minimum Gasteiger partial charge on any atom is -0.456 e. The summed E-state index contributed by atoms with van der Waals surface area (Å²) in [5.41, 5.74) is 6.61. The lowest BCUT2D eigenvalue weighted by atomic mass is 9.91. The van der Waals surface area contributed by atoms with Gasteiger partial charge in [0.15, 0.2) is 0 Å². The molecule has 2 aromatic carbocycles. The van der Waals surface area contributed by atoms with Crippen LogP contribution in [0.3, 0.4) is 0 Å². The number of benzene rings is 2. The minimum atomic E-state index is 0.512. The molecular weight excluding hydrogens is 368 g/mol. The zero-order chi connectivity index (χ0) is 20.9. The van der Waals surface area contributed by atoms with Crippen LogP contribution in [0.15, 0.2) is 76.7 Å². The topological polar surface area (TPSA) is 37.5 Å². The Bertz CT molecular complexity index is 1060. The van der Waals surface area contributed by atoms with Gasteiger partial charge >= 0.3 is 0 Å². The maximum absolute atomic E-state index is 6.25. The first-order valence-electron chi connectivity index (χ1n) is 10.9. The van der Waals surface area contributed by atoms with Crippen molar-refractivity contribution in [3.63, 3.8) is 0 Å². The summed E-state index contributed by atoms with van der Waals surface area (Å²) in [6.45, 7) is 10.4. The molecule has 0 saturated heterocycles. The van der Waals surface area contributed by atoms with E-state index in [0.29, 0.717) is 5.92 Å². The van der Waals surface area contributed by atoms with Crippen LogP contribution in [-0.4, -0.2) is 18.8 Å². The molecule has 3 heteroatoms. The lowest BCUT2D eigenvalue weighted by molar-refractivity contribution is 0.597. The van der Waals surface area contributed by atoms with Gasteiger partial charge in [-0.3, -0.25) is 4.99 Å². The largest absolute Gasteiger partial charge is 0.456 e. The molecule has 3 aromatic rings. The summed E-state index contributed by atoms with van der Waals surface area (Å²) in [5.74, 6) is 2.26. The van der Waals surface area contributed by atoms with Crippen LogP contribution < -0.4 is 5.32 Å². The van der Waals surface area contributed by atoms with E-state index >= 15 is 0 Å². The molecule has 1 aliphatic rings. The van der Waals surface area contributed by atoms with Gasteiger partial charge in [-0.05, 0) is 60.6 Å². The molecule has 0 fully saturated rings. The van der Waals surface area contributed by atoms with E-state index in [1.165, 1.54) is 24.1 Å². The van der Waals surface area contributed by atoms with Gasteiger partial charge in [-0.15, -0.1) is 0 Å². The lowest BCUT2D eigenvalue weighted by Crippen LogP contribution is -2.18. The molecule has 1 atom stereocenters. The van der Waals surface area contributed by atoms with Gasteiger partial charge in [-0.25, -0.2) is 0 Å². The molecule has 0 aliphatic carbocycles. The van der Waals surface area contributed by atoms with Crippen molar-refractivity contribution >= 4 is 11.4 Å². The van der Waals surface area contributed by atoms with E-state index in [1.807, 2.05) is 6.07 Å². The third-order valence-electron chi connectivity index (χ3n) is 5.68. The van der Waals surface area contributed by atoms with Crippen molar-refractivity contribution < 1.29 is 4.42 Å². The van der Waals surface area contributed by atoms with Crippen molar-refractivity contribution in [2.24, 2.45) is 10.9 Å². The monoisotopic (exact) mass is 398 g/mol. The van der Waals surface area contributed by atoms with Crippen molar-refractivity contribution in [2.75, 3.05) is 13.1 Å². The van der Waals surface area contributed by atoms with Crippen molar-refractivity contribution in [2.45, 2.75) is 33.1 Å². The van der Waals surface area contributed by atoms with Crippen LogP contribution in [0.5, 0.6) is 0 Å². The van der Waals surface area contributed by atoms with Crippen LogP contribution >= 0.6 is 0 Å². The number of furan rings is 1. The number of nitrogens with zero attached hydrogens (tertiary/aromatic N) is 1. The van der Waals surface area contributed by atoms with Gasteiger partial charge in [0.05, 0.1) is 0 Å². The molecule has 1 unspecified atom stereocenters. The molecule has 0 saturated carbocycles. The molecular formula is C27H30N2O. The molecule has 0 amide bonds. The van der Waals surface area contributed by atoms with E-state index in [4.69, 9.17) is 9.41 Å². The molecule has 1 aromatic heterocycles. The molecule has 3 nitrogen and oxygen atoms in total. The Morgan fingerprint density at radius 2 is 1.73 bits per heavy atom. The van der Waals surface area contributed by atoms with Crippen molar-refractivity contribution in [1.29, 1.82) is 0 Å². The second kappa shape index (κ2) is 9.17. The second-order valence-electron chi connectivity index (χ2n) is 8.04. The molecule has 30 heavy (non-hydrogen) atoms. The van der Waals surface area contributed by atoms with Gasteiger partial charge in [0.1, 0.15) is 11.5 Å². The zero-order valence-electron chi connectivity index (χ0n) is 17.9. The minimum absolute atomic E-state index is 0.512. The number of aliphatic imine (C=N–C) groups is 1. The van der Waals surface area contributed by atoms with Gasteiger partial charge in [0, 0.05) is 35.6 Å². The molecule has 1 aliphatic heterocycles. The first kappa shape index (κ1) is 20.2. The average molecular weight is 399 g/mol. The fourth-order valence-electron chi connectivity index (χ4n) is 3.98. The molecule has 154 valence electrons. The summed E-state index contributed by atoms with van der Waals surface area (Å²) in [4.78, 5) is 4.79. The molecule has 0 spiro atoms. The highest BCUT2D eigenvalue weighted by Gasteiger charge is 2.17. The summed E-state index contributed by atoms with van der Waals surface area (Å²) in [5, 5.41) is 3.36. The van der Waals surface area contributed by atoms with Crippen molar-refractivity contribution in [3.05, 3.63) is 78.4 Å². The summed E-state index contributed by atoms with van der Waals surface area (Å²) >= 11 is 0. The SMILES string of the molecule is C=C(NCCC)c1cccc(-c2ccc(-c3cccc(C4=NCCCC4C)c3)o2)c1. The van der Waals surface area contributed by atoms with Crippen LogP contribution in [0.4, 0.5) is 0 Å². The predicted octanol–water partition coefficient (Wildman–Crippen LogP) is 6.80. The number of rotatable bonds is 7. The molecule has 4 rings (SSSR count). The highest BCUT2D eigenvalue weighted by molar-refractivity contribution is 6.03. The summed E-state index contributed by atoms with van der Waals surface area (Å²) in [6, 6.07) is 21.0. The number of hydrogen-bond acceptors (Lipinski definition) is 3. The van der Waals surface area contributed by atoms with Gasteiger partial charge < -0.3 is 9.73 Å². The maximum Gasteiger partial charge on any atom is 0.134 e. The Labute approximate surface area is 179 Å². The quantitative estimate of drug-likeness (QED) is 0.475. The number of nitrogens with one attached hydrogen (secondary N) is 1. The summed E-state index contributed by atoms with van der Waals surface area (Å²) in [6.07, 6.45) is 3.47. The Balaban J connectivity index is 1.59. The number of hydrogen-bond donors (Lipinski definition) is 1. The molecule has 1 N–H and O–H groups in total. The summed E-state index contributed by atoms with van der Waals surface area (Å²) < 4.78 is 6.25. The fourth-order valence-corrected chi connectivity index (χ4v) is 3.98. The zero-order valence-corrected chi connectivity index (χ0v) is 17.9. The van der Waals surface area contributed by atoms with Crippen LogP contribution in [0.2, 0.25) is 0 Å². The van der Waals surface area contributed by atoms with Gasteiger partial charge in [-0.1, -0.05) is 56.8 Å². The molecule has 2 heterocycles. The highest BCUT2D eigenvalue weighted by atomic mass is 16.3. The van der Waals surface area contributed by atoms with E-state index in [9.17, 15) is 0 Å². The van der Waals surface area contributed by atoms with Gasteiger partial charge in [0.25, 0.3) is 0 Å². The van der Waals surface area contributed by atoms with Gasteiger partial charge in [0.2, 0.25) is 0 Å². The first-order valence-corrected chi connectivity index (χ1v) is 10.9. The Hall–Kier alpha value is -3.07. The van der Waals surface area contributed by atoms with E-state index in [2.05, 4.69) is 80.3 Å². The standard InChI is InChI=1S/C27H30N2O/c1-4-15-28-20(3)21-9-5-10-22(17-21)25-13-14-26(30-25)23-11-6-12-24(18-23)27-19(2)8-7-16-29-27/h5-6,9-14,17-19,28H,3-4,7-8,15-16H2,1-2H3. The normalized spacial score (nSPS) is 16.2. The first-order chi connectivity index (χ1) is 14.7. The maximum atomic E-state index is 6.25. The fraction of sp³-hybridized carbons (Fsp3) is 0.296. The molecule has 0 radical (unpaired) electrons. The van der Waals surface area contributed by atoms with Crippen LogP contribution in [0.25, 0.3) is 28.3 Å². The smallest absolute Gasteiger partial charge is 0.134 e. The average Bonchev–Trinajstić information content (AvgIpc) is 3.28. The summed E-state index contributed by atoms with van der Waals surface area (Å²) in [7, 11) is 0. The van der Waals surface area contributed by atoms with E-state index in [1.54, 1.807) is 0 Å². The molecule has 0 bridgehead atoms. The van der Waals surface area contributed by atoms with Crippen LogP contribution in [0.1, 0.15) is 44.2 Å². The third-order valence-corrected chi connectivity index (χ3v) is 5.68. The van der Waals surface area contributed by atoms with Crippen molar-refractivity contribution in [3.8, 4) is 22.6 Å². The Kier molecular flexibility index (Phi) is 6.18. The predicted molar refractivity (Wildman–Crippen MR) is 127 cm³/mol. The van der Waals surface area contributed by atoms with Crippen molar-refractivity contribution in [1.82, 2.24) is 5.32 Å². The van der Waals surface area contributed by atoms with Gasteiger partial charge in [-0.2, -0.15) is 0 Å². The van der Waals surface area contributed by atoms with E-state index in [0.717, 1.165) is 53.4 Å². The Morgan fingerprint density at radius 1 is 1.03 bits per heavy atom. The third kappa shape index (κ3) is 4.40. The Morgan fingerprint density at radius 3 is 2.47 bits per heavy atom.